The van der Waals surface area contributed by atoms with Crippen molar-refractivity contribution in [3.05, 3.63) is 76.3 Å². The van der Waals surface area contributed by atoms with Crippen molar-refractivity contribution >= 4 is 16.8 Å². The molecule has 3 aromatic rings. The summed E-state index contributed by atoms with van der Waals surface area (Å²) in [5.41, 5.74) is 2.14. The fourth-order valence-corrected chi connectivity index (χ4v) is 3.61. The second-order valence-electron chi connectivity index (χ2n) is 7.10. The number of likely N-dealkylation sites (tertiary alicyclic amines) is 1. The smallest absolute Gasteiger partial charge is 0.255 e. The van der Waals surface area contributed by atoms with Crippen molar-refractivity contribution in [2.45, 2.75) is 12.5 Å². The van der Waals surface area contributed by atoms with Gasteiger partial charge in [0.25, 0.3) is 5.91 Å². The monoisotopic (exact) mass is 363 g/mol. The molecule has 1 fully saturated rings. The number of aliphatic hydroxyl groups excluding tert-OH is 1. The molecule has 0 aliphatic carbocycles. The second kappa shape index (κ2) is 6.96. The number of aryl methyl sites for hydroxylation is 1. The number of carbonyl (C=O) groups excluding carboxylic acids is 1. The third kappa shape index (κ3) is 3.48. The molecule has 1 N–H and O–H groups in total. The van der Waals surface area contributed by atoms with Crippen LogP contribution in [0.1, 0.15) is 16.1 Å². The van der Waals surface area contributed by atoms with E-state index in [0.717, 1.165) is 16.6 Å². The average molecular weight is 363 g/mol. The molecule has 1 aromatic carbocycles. The van der Waals surface area contributed by atoms with Crippen LogP contribution in [0.4, 0.5) is 0 Å². The van der Waals surface area contributed by atoms with Crippen LogP contribution in [0.3, 0.4) is 0 Å². The summed E-state index contributed by atoms with van der Waals surface area (Å²) in [6.45, 7) is 0.761. The molecule has 0 spiro atoms. The molecular formula is C21H21N3O3. The van der Waals surface area contributed by atoms with Gasteiger partial charge in [0.05, 0.1) is 17.2 Å². The number of carbonyl (C=O) groups is 1. The number of hydrogen-bond acceptors (Lipinski definition) is 4. The van der Waals surface area contributed by atoms with Crippen LogP contribution >= 0.6 is 0 Å². The van der Waals surface area contributed by atoms with Crippen LogP contribution in [-0.2, 0) is 13.5 Å². The summed E-state index contributed by atoms with van der Waals surface area (Å²) in [5, 5.41) is 11.5. The van der Waals surface area contributed by atoms with Crippen LogP contribution in [0.15, 0.2) is 59.5 Å². The minimum atomic E-state index is -0.588. The van der Waals surface area contributed by atoms with E-state index in [1.165, 1.54) is 22.9 Å². The Labute approximate surface area is 156 Å². The zero-order chi connectivity index (χ0) is 19.0. The first kappa shape index (κ1) is 17.4. The Morgan fingerprint density at radius 3 is 2.78 bits per heavy atom. The van der Waals surface area contributed by atoms with Crippen molar-refractivity contribution in [2.75, 3.05) is 13.1 Å². The SMILES string of the molecule is Cn1cc(C(=O)N2C[C@@H](Cc3ccc4ccccc4n3)[C@H](O)C2)ccc1=O. The van der Waals surface area contributed by atoms with Crippen molar-refractivity contribution in [3.8, 4) is 0 Å². The Balaban J connectivity index is 1.49. The molecule has 27 heavy (non-hydrogen) atoms. The molecule has 6 heteroatoms. The molecule has 0 radical (unpaired) electrons. The maximum atomic E-state index is 12.7. The molecule has 0 saturated carbocycles. The minimum Gasteiger partial charge on any atom is -0.391 e. The van der Waals surface area contributed by atoms with E-state index in [1.54, 1.807) is 11.9 Å². The average Bonchev–Trinajstić information content (AvgIpc) is 3.04. The van der Waals surface area contributed by atoms with E-state index < -0.39 is 6.10 Å². The van der Waals surface area contributed by atoms with E-state index in [2.05, 4.69) is 4.98 Å². The minimum absolute atomic E-state index is 0.0601. The number of hydrogen-bond donors (Lipinski definition) is 1. The predicted molar refractivity (Wildman–Crippen MR) is 103 cm³/mol. The Morgan fingerprint density at radius 2 is 1.96 bits per heavy atom. The van der Waals surface area contributed by atoms with E-state index in [9.17, 15) is 14.7 Å². The number of benzene rings is 1. The highest BCUT2D eigenvalue weighted by atomic mass is 16.3. The van der Waals surface area contributed by atoms with Gasteiger partial charge in [-0.15, -0.1) is 0 Å². The molecule has 0 bridgehead atoms. The maximum absolute atomic E-state index is 12.7. The lowest BCUT2D eigenvalue weighted by molar-refractivity contribution is 0.0763. The zero-order valence-electron chi connectivity index (χ0n) is 15.1. The van der Waals surface area contributed by atoms with Gasteiger partial charge in [0, 0.05) is 49.4 Å². The summed E-state index contributed by atoms with van der Waals surface area (Å²) in [6.07, 6.45) is 1.56. The van der Waals surface area contributed by atoms with Gasteiger partial charge < -0.3 is 14.6 Å². The fourth-order valence-electron chi connectivity index (χ4n) is 3.61. The van der Waals surface area contributed by atoms with Crippen LogP contribution in [0.25, 0.3) is 10.9 Å². The van der Waals surface area contributed by atoms with E-state index in [4.69, 9.17) is 0 Å². The first-order valence-corrected chi connectivity index (χ1v) is 9.00. The lowest BCUT2D eigenvalue weighted by Gasteiger charge is -2.16. The quantitative estimate of drug-likeness (QED) is 0.767. The molecule has 2 atom stereocenters. The summed E-state index contributed by atoms with van der Waals surface area (Å²) in [5.74, 6) is -0.228. The Kier molecular flexibility index (Phi) is 4.49. The molecule has 0 unspecified atom stereocenters. The fraction of sp³-hybridized carbons (Fsp3) is 0.286. The Morgan fingerprint density at radius 1 is 1.15 bits per heavy atom. The lowest BCUT2D eigenvalue weighted by Crippen LogP contribution is -2.30. The van der Waals surface area contributed by atoms with Gasteiger partial charge >= 0.3 is 0 Å². The molecule has 1 aliphatic heterocycles. The number of pyridine rings is 2. The van der Waals surface area contributed by atoms with Gasteiger partial charge in [-0.25, -0.2) is 0 Å². The normalized spacial score (nSPS) is 19.6. The topological polar surface area (TPSA) is 75.4 Å². The van der Waals surface area contributed by atoms with Gasteiger partial charge in [0.1, 0.15) is 0 Å². The molecule has 4 rings (SSSR count). The van der Waals surface area contributed by atoms with Crippen LogP contribution in [-0.4, -0.2) is 44.7 Å². The summed E-state index contributed by atoms with van der Waals surface area (Å²) in [7, 11) is 1.62. The van der Waals surface area contributed by atoms with E-state index >= 15 is 0 Å². The largest absolute Gasteiger partial charge is 0.391 e. The van der Waals surface area contributed by atoms with Crippen molar-refractivity contribution in [2.24, 2.45) is 13.0 Å². The Bertz CT molecular complexity index is 1060. The van der Waals surface area contributed by atoms with Gasteiger partial charge in [-0.1, -0.05) is 24.3 Å². The van der Waals surface area contributed by atoms with Crippen LogP contribution < -0.4 is 5.56 Å². The number of fused-ring (bicyclic) bond motifs is 1. The van der Waals surface area contributed by atoms with Crippen molar-refractivity contribution < 1.29 is 9.90 Å². The number of rotatable bonds is 3. The van der Waals surface area contributed by atoms with Crippen LogP contribution in [0.5, 0.6) is 0 Å². The highest BCUT2D eigenvalue weighted by Gasteiger charge is 2.34. The third-order valence-corrected chi connectivity index (χ3v) is 5.15. The maximum Gasteiger partial charge on any atom is 0.255 e. The molecule has 2 aromatic heterocycles. The van der Waals surface area contributed by atoms with E-state index in [-0.39, 0.29) is 17.4 Å². The van der Waals surface area contributed by atoms with Gasteiger partial charge in [0.2, 0.25) is 5.56 Å². The number of aliphatic hydroxyl groups is 1. The zero-order valence-corrected chi connectivity index (χ0v) is 15.1. The van der Waals surface area contributed by atoms with Crippen LogP contribution in [0.2, 0.25) is 0 Å². The van der Waals surface area contributed by atoms with Gasteiger partial charge in [-0.3, -0.25) is 14.6 Å². The van der Waals surface area contributed by atoms with Crippen LogP contribution in [0, 0.1) is 5.92 Å². The number of para-hydroxylation sites is 1. The molecular weight excluding hydrogens is 342 g/mol. The van der Waals surface area contributed by atoms with Crippen molar-refractivity contribution in [1.82, 2.24) is 14.5 Å². The van der Waals surface area contributed by atoms with Crippen molar-refractivity contribution in [1.29, 1.82) is 0 Å². The first-order valence-electron chi connectivity index (χ1n) is 9.00. The van der Waals surface area contributed by atoms with Gasteiger partial charge in [-0.2, -0.15) is 0 Å². The summed E-state index contributed by atoms with van der Waals surface area (Å²) in [6, 6.07) is 14.9. The lowest BCUT2D eigenvalue weighted by atomic mass is 9.99. The third-order valence-electron chi connectivity index (χ3n) is 5.15. The van der Waals surface area contributed by atoms with E-state index in [1.807, 2.05) is 36.4 Å². The molecule has 1 saturated heterocycles. The summed E-state index contributed by atoms with van der Waals surface area (Å²) in [4.78, 5) is 30.5. The molecule has 1 amide bonds. The summed E-state index contributed by atoms with van der Waals surface area (Å²) >= 11 is 0. The predicted octanol–water partition coefficient (Wildman–Crippen LogP) is 1.61. The molecule has 6 nitrogen and oxygen atoms in total. The van der Waals surface area contributed by atoms with E-state index in [0.29, 0.717) is 25.1 Å². The standard InChI is InChI=1S/C21H21N3O3/c1-23-11-15(7-9-20(23)26)21(27)24-12-16(19(25)13-24)10-17-8-6-14-4-2-3-5-18(14)22-17/h2-9,11,16,19,25H,10,12-13H2,1H3/t16-,19-/m1/s1. The van der Waals surface area contributed by atoms with Gasteiger partial charge in [-0.05, 0) is 24.6 Å². The van der Waals surface area contributed by atoms with Crippen molar-refractivity contribution in [3.63, 3.8) is 0 Å². The summed E-state index contributed by atoms with van der Waals surface area (Å²) < 4.78 is 1.39. The molecule has 3 heterocycles. The first-order chi connectivity index (χ1) is 13.0. The number of amides is 1. The number of aromatic nitrogens is 2. The highest BCUT2D eigenvalue weighted by molar-refractivity contribution is 5.94. The number of nitrogens with zero attached hydrogens (tertiary/aromatic N) is 3. The second-order valence-corrected chi connectivity index (χ2v) is 7.10. The highest BCUT2D eigenvalue weighted by Crippen LogP contribution is 2.23. The van der Waals surface area contributed by atoms with Gasteiger partial charge in [0.15, 0.2) is 0 Å². The number of β-amino-alcohol motifs (C(OH)–C–C–N with tert-alkyl or cyclic N) is 1. The molecule has 1 aliphatic rings. The Hall–Kier alpha value is -2.99. The molecule has 138 valence electrons.